The van der Waals surface area contributed by atoms with Crippen molar-refractivity contribution in [3.8, 4) is 11.5 Å². The average molecular weight is 394 g/mol. The number of carbonyl (C=O) groups excluding carboxylic acids is 3. The molecule has 2 aromatic carbocycles. The first-order valence-corrected chi connectivity index (χ1v) is 8.70. The van der Waals surface area contributed by atoms with Gasteiger partial charge in [0.15, 0.2) is 6.61 Å². The zero-order valence-corrected chi connectivity index (χ0v) is 15.5. The lowest BCUT2D eigenvalue weighted by Gasteiger charge is -2.06. The first-order valence-electron chi connectivity index (χ1n) is 8.70. The van der Waals surface area contributed by atoms with Crippen molar-refractivity contribution in [2.24, 2.45) is 0 Å². The van der Waals surface area contributed by atoms with E-state index in [0.29, 0.717) is 11.1 Å². The number of amides is 2. The molecule has 0 saturated heterocycles. The Bertz CT molecular complexity index is 1020. The standard InChI is InChI=1S/C20H18N4O5/c1-13-6-5-9-15(10-13)18(27)21-11-17(26)28-12-16(25)22-20-24-23-19(29-20)14-7-3-2-4-8-14/h2-10H,11-12H2,1H3,(H,21,27)(H,22,24,25). The fraction of sp³-hybridized carbons (Fsp3) is 0.150. The number of aryl methyl sites for hydroxylation is 1. The minimum Gasteiger partial charge on any atom is -0.454 e. The fourth-order valence-corrected chi connectivity index (χ4v) is 2.36. The maximum atomic E-state index is 12.0. The molecule has 3 rings (SSSR count). The quantitative estimate of drug-likeness (QED) is 0.587. The van der Waals surface area contributed by atoms with E-state index >= 15 is 0 Å². The Kier molecular flexibility index (Phi) is 6.31. The van der Waals surface area contributed by atoms with Crippen molar-refractivity contribution >= 4 is 23.8 Å². The van der Waals surface area contributed by atoms with E-state index in [-0.39, 0.29) is 18.5 Å². The van der Waals surface area contributed by atoms with Crippen molar-refractivity contribution < 1.29 is 23.5 Å². The second-order valence-corrected chi connectivity index (χ2v) is 6.04. The van der Waals surface area contributed by atoms with Gasteiger partial charge in [-0.05, 0) is 31.2 Å². The van der Waals surface area contributed by atoms with Gasteiger partial charge >= 0.3 is 12.0 Å². The van der Waals surface area contributed by atoms with Gasteiger partial charge in [0.25, 0.3) is 11.8 Å². The number of carbonyl (C=O) groups is 3. The molecule has 0 aliphatic heterocycles. The average Bonchev–Trinajstić information content (AvgIpc) is 3.19. The van der Waals surface area contributed by atoms with Crippen molar-refractivity contribution in [2.75, 3.05) is 18.5 Å². The lowest BCUT2D eigenvalue weighted by atomic mass is 10.1. The van der Waals surface area contributed by atoms with E-state index < -0.39 is 24.4 Å². The predicted molar refractivity (Wildman–Crippen MR) is 103 cm³/mol. The molecule has 0 radical (unpaired) electrons. The van der Waals surface area contributed by atoms with Crippen LogP contribution in [0.25, 0.3) is 11.5 Å². The van der Waals surface area contributed by atoms with Gasteiger partial charge in [-0.2, -0.15) is 0 Å². The Labute approximate surface area is 166 Å². The minimum absolute atomic E-state index is 0.113. The van der Waals surface area contributed by atoms with Crippen LogP contribution in [0.5, 0.6) is 0 Å². The highest BCUT2D eigenvalue weighted by molar-refractivity contribution is 5.96. The Morgan fingerprint density at radius 1 is 1.03 bits per heavy atom. The van der Waals surface area contributed by atoms with E-state index in [4.69, 9.17) is 9.15 Å². The van der Waals surface area contributed by atoms with Gasteiger partial charge in [-0.3, -0.25) is 19.7 Å². The van der Waals surface area contributed by atoms with Gasteiger partial charge in [0.05, 0.1) is 0 Å². The largest absolute Gasteiger partial charge is 0.454 e. The van der Waals surface area contributed by atoms with Crippen LogP contribution in [0.15, 0.2) is 59.0 Å². The highest BCUT2D eigenvalue weighted by Gasteiger charge is 2.14. The molecule has 0 atom stereocenters. The van der Waals surface area contributed by atoms with Crippen LogP contribution < -0.4 is 10.6 Å². The number of anilines is 1. The zero-order valence-electron chi connectivity index (χ0n) is 15.5. The SMILES string of the molecule is Cc1cccc(C(=O)NCC(=O)OCC(=O)Nc2nnc(-c3ccccc3)o2)c1. The topological polar surface area (TPSA) is 123 Å². The van der Waals surface area contributed by atoms with Gasteiger partial charge in [-0.1, -0.05) is 41.0 Å². The molecule has 0 unspecified atom stereocenters. The Balaban J connectivity index is 1.42. The summed E-state index contributed by atoms with van der Waals surface area (Å²) in [6, 6.07) is 15.9. The molecule has 0 saturated carbocycles. The Hall–Kier alpha value is -4.01. The van der Waals surface area contributed by atoms with Crippen molar-refractivity contribution in [1.82, 2.24) is 15.5 Å². The molecule has 9 nitrogen and oxygen atoms in total. The van der Waals surface area contributed by atoms with Crippen molar-refractivity contribution in [1.29, 1.82) is 0 Å². The lowest BCUT2D eigenvalue weighted by molar-refractivity contribution is -0.146. The number of benzene rings is 2. The molecule has 148 valence electrons. The number of nitrogens with zero attached hydrogens (tertiary/aromatic N) is 2. The summed E-state index contributed by atoms with van der Waals surface area (Å²) in [6.45, 7) is 0.941. The Morgan fingerprint density at radius 2 is 1.83 bits per heavy atom. The zero-order chi connectivity index (χ0) is 20.6. The summed E-state index contributed by atoms with van der Waals surface area (Å²) in [6.07, 6.45) is 0. The van der Waals surface area contributed by atoms with E-state index in [2.05, 4.69) is 20.8 Å². The van der Waals surface area contributed by atoms with Gasteiger partial charge < -0.3 is 14.5 Å². The first kappa shape index (κ1) is 19.7. The molecule has 0 fully saturated rings. The van der Waals surface area contributed by atoms with E-state index in [0.717, 1.165) is 5.56 Å². The summed E-state index contributed by atoms with van der Waals surface area (Å²) in [5.74, 6) is -1.56. The summed E-state index contributed by atoms with van der Waals surface area (Å²) < 4.78 is 10.2. The third-order valence-electron chi connectivity index (χ3n) is 3.73. The third-order valence-corrected chi connectivity index (χ3v) is 3.73. The summed E-state index contributed by atoms with van der Waals surface area (Å²) in [5, 5.41) is 12.3. The summed E-state index contributed by atoms with van der Waals surface area (Å²) in [4.78, 5) is 35.6. The van der Waals surface area contributed by atoms with Gasteiger partial charge in [0.1, 0.15) is 6.54 Å². The second-order valence-electron chi connectivity index (χ2n) is 6.04. The maximum Gasteiger partial charge on any atom is 0.325 e. The molecule has 9 heteroatoms. The number of hydrogen-bond donors (Lipinski definition) is 2. The van der Waals surface area contributed by atoms with E-state index in [1.165, 1.54) is 0 Å². The number of aromatic nitrogens is 2. The highest BCUT2D eigenvalue weighted by Crippen LogP contribution is 2.18. The molecule has 1 aromatic heterocycles. The van der Waals surface area contributed by atoms with Crippen molar-refractivity contribution in [3.05, 3.63) is 65.7 Å². The van der Waals surface area contributed by atoms with Crippen molar-refractivity contribution in [3.63, 3.8) is 0 Å². The number of esters is 1. The normalized spacial score (nSPS) is 10.2. The number of nitrogens with one attached hydrogen (secondary N) is 2. The molecule has 0 spiro atoms. The van der Waals surface area contributed by atoms with Gasteiger partial charge in [0, 0.05) is 11.1 Å². The monoisotopic (exact) mass is 394 g/mol. The highest BCUT2D eigenvalue weighted by atomic mass is 16.5. The fourth-order valence-electron chi connectivity index (χ4n) is 2.36. The molecule has 0 aliphatic carbocycles. The maximum absolute atomic E-state index is 12.0. The lowest BCUT2D eigenvalue weighted by Crippen LogP contribution is -2.32. The predicted octanol–water partition coefficient (Wildman–Crippen LogP) is 1.96. The second kappa shape index (κ2) is 9.27. The third kappa shape index (κ3) is 5.73. The van der Waals surface area contributed by atoms with Crippen LogP contribution in [0.4, 0.5) is 6.01 Å². The van der Waals surface area contributed by atoms with Crippen LogP contribution in [0.2, 0.25) is 0 Å². The molecule has 1 heterocycles. The molecule has 0 aliphatic rings. The van der Waals surface area contributed by atoms with Crippen LogP contribution in [0.1, 0.15) is 15.9 Å². The molecular weight excluding hydrogens is 376 g/mol. The van der Waals surface area contributed by atoms with Crippen molar-refractivity contribution in [2.45, 2.75) is 6.92 Å². The number of rotatable bonds is 7. The van der Waals surface area contributed by atoms with E-state index in [1.54, 1.807) is 30.3 Å². The molecular formula is C20H18N4O5. The van der Waals surface area contributed by atoms with Crippen LogP contribution >= 0.6 is 0 Å². The van der Waals surface area contributed by atoms with E-state index in [9.17, 15) is 14.4 Å². The van der Waals surface area contributed by atoms with Gasteiger partial charge in [-0.25, -0.2) is 0 Å². The van der Waals surface area contributed by atoms with Crippen LogP contribution in [-0.2, 0) is 14.3 Å². The molecule has 2 N–H and O–H groups in total. The number of ether oxygens (including phenoxy) is 1. The Morgan fingerprint density at radius 3 is 2.59 bits per heavy atom. The number of hydrogen-bond acceptors (Lipinski definition) is 7. The summed E-state index contributed by atoms with van der Waals surface area (Å²) >= 11 is 0. The molecule has 29 heavy (non-hydrogen) atoms. The van der Waals surface area contributed by atoms with Gasteiger partial charge in [0.2, 0.25) is 5.89 Å². The molecule has 2 amide bonds. The molecule has 3 aromatic rings. The minimum atomic E-state index is -0.753. The smallest absolute Gasteiger partial charge is 0.325 e. The van der Waals surface area contributed by atoms with Gasteiger partial charge in [-0.15, -0.1) is 5.10 Å². The van der Waals surface area contributed by atoms with E-state index in [1.807, 2.05) is 31.2 Å². The van der Waals surface area contributed by atoms with Crippen LogP contribution in [0, 0.1) is 6.92 Å². The molecule has 0 bridgehead atoms. The van der Waals surface area contributed by atoms with Crippen LogP contribution in [-0.4, -0.2) is 41.1 Å². The summed E-state index contributed by atoms with van der Waals surface area (Å²) in [5.41, 5.74) is 2.06. The first-order chi connectivity index (χ1) is 14.0. The summed E-state index contributed by atoms with van der Waals surface area (Å²) in [7, 11) is 0. The van der Waals surface area contributed by atoms with Crippen LogP contribution in [0.3, 0.4) is 0 Å².